The smallest absolute Gasteiger partial charge is 0.0194 e. The van der Waals surface area contributed by atoms with Crippen molar-refractivity contribution in [3.8, 4) is 0 Å². The highest BCUT2D eigenvalue weighted by Gasteiger charge is 2.29. The lowest BCUT2D eigenvalue weighted by Gasteiger charge is -2.39. The molecule has 2 rings (SSSR count). The first-order valence-electron chi connectivity index (χ1n) is 7.70. The number of nitrogens with two attached hydrogens (primary N) is 1. The first-order valence-corrected chi connectivity index (χ1v) is 7.70. The minimum Gasteiger partial charge on any atom is -0.326 e. The molecule has 1 saturated heterocycles. The summed E-state index contributed by atoms with van der Waals surface area (Å²) in [4.78, 5) is 2.70. The Morgan fingerprint density at radius 1 is 1.12 bits per heavy atom. The van der Waals surface area contributed by atoms with E-state index >= 15 is 0 Å². The van der Waals surface area contributed by atoms with Crippen LogP contribution in [-0.2, 0) is 0 Å². The molecule has 4 unspecified atom stereocenters. The second kappa shape index (κ2) is 6.19. The van der Waals surface area contributed by atoms with Gasteiger partial charge in [-0.1, -0.05) is 33.1 Å². The Hall–Kier alpha value is -0.0800. The van der Waals surface area contributed by atoms with Gasteiger partial charge >= 0.3 is 0 Å². The summed E-state index contributed by atoms with van der Waals surface area (Å²) in [7, 11) is 0. The zero-order chi connectivity index (χ0) is 12.3. The highest BCUT2D eigenvalue weighted by Crippen LogP contribution is 2.30. The Bertz CT molecular complexity index is 229. The first kappa shape index (κ1) is 13.4. The Morgan fingerprint density at radius 3 is 2.65 bits per heavy atom. The fourth-order valence-corrected chi connectivity index (χ4v) is 3.59. The standard InChI is InChI=1S/C15H30N2/c1-3-13-5-4-6-14(8-7-13)17-10-9-12(2)15(16)11-17/h12-15H,3-11,16H2,1-2H3. The number of piperidine rings is 1. The van der Waals surface area contributed by atoms with Gasteiger partial charge in [-0.2, -0.15) is 0 Å². The fourth-order valence-electron chi connectivity index (χ4n) is 3.59. The molecule has 0 aromatic carbocycles. The van der Waals surface area contributed by atoms with Crippen molar-refractivity contribution in [2.45, 2.75) is 70.9 Å². The normalized spacial score (nSPS) is 41.1. The lowest BCUT2D eigenvalue weighted by molar-refractivity contribution is 0.110. The van der Waals surface area contributed by atoms with Gasteiger partial charge in [0.25, 0.3) is 0 Å². The van der Waals surface area contributed by atoms with Crippen molar-refractivity contribution in [2.24, 2.45) is 17.6 Å². The maximum atomic E-state index is 6.23. The number of likely N-dealkylation sites (tertiary alicyclic amines) is 1. The SMILES string of the molecule is CCC1CCCC(N2CCC(C)C(N)C2)CC1. The van der Waals surface area contributed by atoms with Crippen molar-refractivity contribution in [3.63, 3.8) is 0 Å². The van der Waals surface area contributed by atoms with Crippen LogP contribution in [0.15, 0.2) is 0 Å². The van der Waals surface area contributed by atoms with Gasteiger partial charge in [-0.05, 0) is 44.1 Å². The summed E-state index contributed by atoms with van der Waals surface area (Å²) in [5, 5.41) is 0. The molecule has 2 N–H and O–H groups in total. The maximum Gasteiger partial charge on any atom is 0.0194 e. The van der Waals surface area contributed by atoms with Crippen LogP contribution in [0.3, 0.4) is 0 Å². The third kappa shape index (κ3) is 3.45. The molecule has 0 aromatic rings. The molecule has 0 spiro atoms. The van der Waals surface area contributed by atoms with E-state index in [0.717, 1.165) is 24.4 Å². The van der Waals surface area contributed by atoms with Gasteiger partial charge in [0.2, 0.25) is 0 Å². The van der Waals surface area contributed by atoms with Crippen molar-refractivity contribution in [1.29, 1.82) is 0 Å². The van der Waals surface area contributed by atoms with E-state index in [1.165, 1.54) is 51.5 Å². The van der Waals surface area contributed by atoms with Crippen LogP contribution in [0.4, 0.5) is 0 Å². The number of hydrogen-bond acceptors (Lipinski definition) is 2. The summed E-state index contributed by atoms with van der Waals surface area (Å²) in [5.41, 5.74) is 6.23. The van der Waals surface area contributed by atoms with E-state index in [2.05, 4.69) is 18.7 Å². The van der Waals surface area contributed by atoms with Gasteiger partial charge in [-0.3, -0.25) is 4.90 Å². The van der Waals surface area contributed by atoms with Crippen LogP contribution in [0, 0.1) is 11.8 Å². The van der Waals surface area contributed by atoms with Gasteiger partial charge in [0, 0.05) is 18.6 Å². The minimum atomic E-state index is 0.411. The lowest BCUT2D eigenvalue weighted by atomic mass is 9.92. The Morgan fingerprint density at radius 2 is 1.94 bits per heavy atom. The summed E-state index contributed by atoms with van der Waals surface area (Å²) < 4.78 is 0. The lowest BCUT2D eigenvalue weighted by Crippen LogP contribution is -2.51. The number of nitrogens with zero attached hydrogens (tertiary/aromatic N) is 1. The van der Waals surface area contributed by atoms with E-state index in [9.17, 15) is 0 Å². The van der Waals surface area contributed by atoms with Crippen LogP contribution in [0.1, 0.15) is 58.8 Å². The highest BCUT2D eigenvalue weighted by atomic mass is 15.2. The van der Waals surface area contributed by atoms with Gasteiger partial charge in [-0.15, -0.1) is 0 Å². The average molecular weight is 238 g/mol. The molecule has 1 aliphatic carbocycles. The van der Waals surface area contributed by atoms with Crippen LogP contribution >= 0.6 is 0 Å². The molecule has 100 valence electrons. The Balaban J connectivity index is 1.85. The molecule has 0 radical (unpaired) electrons. The molecule has 4 atom stereocenters. The van der Waals surface area contributed by atoms with Crippen LogP contribution in [0.25, 0.3) is 0 Å². The molecule has 0 amide bonds. The molecule has 17 heavy (non-hydrogen) atoms. The zero-order valence-corrected chi connectivity index (χ0v) is 11.7. The van der Waals surface area contributed by atoms with E-state index < -0.39 is 0 Å². The van der Waals surface area contributed by atoms with Crippen molar-refractivity contribution in [2.75, 3.05) is 13.1 Å². The van der Waals surface area contributed by atoms with Crippen LogP contribution in [0.5, 0.6) is 0 Å². The molecule has 0 aromatic heterocycles. The molecule has 2 nitrogen and oxygen atoms in total. The fraction of sp³-hybridized carbons (Fsp3) is 1.00. The van der Waals surface area contributed by atoms with Gasteiger partial charge in [-0.25, -0.2) is 0 Å². The maximum absolute atomic E-state index is 6.23. The predicted octanol–water partition coefficient (Wildman–Crippen LogP) is 3.01. The van der Waals surface area contributed by atoms with Crippen LogP contribution in [0.2, 0.25) is 0 Å². The summed E-state index contributed by atoms with van der Waals surface area (Å²) in [6.45, 7) is 7.09. The monoisotopic (exact) mass is 238 g/mol. The summed E-state index contributed by atoms with van der Waals surface area (Å²) in [6.07, 6.45) is 9.85. The van der Waals surface area contributed by atoms with E-state index in [0.29, 0.717) is 6.04 Å². The van der Waals surface area contributed by atoms with Crippen LogP contribution < -0.4 is 5.73 Å². The second-order valence-corrected chi connectivity index (χ2v) is 6.36. The molecule has 0 bridgehead atoms. The minimum absolute atomic E-state index is 0.411. The number of rotatable bonds is 2. The predicted molar refractivity (Wildman–Crippen MR) is 74.0 cm³/mol. The van der Waals surface area contributed by atoms with Crippen molar-refractivity contribution in [3.05, 3.63) is 0 Å². The third-order valence-corrected chi connectivity index (χ3v) is 5.20. The van der Waals surface area contributed by atoms with E-state index in [4.69, 9.17) is 5.73 Å². The largest absolute Gasteiger partial charge is 0.326 e. The van der Waals surface area contributed by atoms with Gasteiger partial charge in [0.15, 0.2) is 0 Å². The van der Waals surface area contributed by atoms with E-state index in [-0.39, 0.29) is 0 Å². The summed E-state index contributed by atoms with van der Waals surface area (Å²) >= 11 is 0. The quantitative estimate of drug-likeness (QED) is 0.749. The Kier molecular flexibility index (Phi) is 4.87. The molecule has 2 fully saturated rings. The van der Waals surface area contributed by atoms with Crippen LogP contribution in [-0.4, -0.2) is 30.1 Å². The average Bonchev–Trinajstić information content (AvgIpc) is 2.58. The molecule has 1 saturated carbocycles. The number of hydrogen-bond donors (Lipinski definition) is 1. The van der Waals surface area contributed by atoms with Gasteiger partial charge in [0.1, 0.15) is 0 Å². The molecule has 1 aliphatic heterocycles. The Labute approximate surface area is 107 Å². The van der Waals surface area contributed by atoms with E-state index in [1.807, 2.05) is 0 Å². The molecule has 2 heteroatoms. The summed E-state index contributed by atoms with van der Waals surface area (Å²) in [6, 6.07) is 1.25. The van der Waals surface area contributed by atoms with Gasteiger partial charge < -0.3 is 5.73 Å². The van der Waals surface area contributed by atoms with Gasteiger partial charge in [0.05, 0.1) is 0 Å². The molecular weight excluding hydrogens is 208 g/mol. The molecule has 2 aliphatic rings. The first-order chi connectivity index (χ1) is 8.20. The highest BCUT2D eigenvalue weighted by molar-refractivity contribution is 4.86. The second-order valence-electron chi connectivity index (χ2n) is 6.36. The zero-order valence-electron chi connectivity index (χ0n) is 11.7. The van der Waals surface area contributed by atoms with Crippen molar-refractivity contribution in [1.82, 2.24) is 4.90 Å². The third-order valence-electron chi connectivity index (χ3n) is 5.20. The van der Waals surface area contributed by atoms with Crippen molar-refractivity contribution < 1.29 is 0 Å². The molecular formula is C15H30N2. The van der Waals surface area contributed by atoms with E-state index in [1.54, 1.807) is 0 Å². The van der Waals surface area contributed by atoms with Crippen molar-refractivity contribution >= 4 is 0 Å². The summed E-state index contributed by atoms with van der Waals surface area (Å²) in [5.74, 6) is 1.72. The molecule has 1 heterocycles. The topological polar surface area (TPSA) is 29.3 Å².